The van der Waals surface area contributed by atoms with Gasteiger partial charge in [-0.15, -0.1) is 0 Å². The Morgan fingerprint density at radius 3 is 2.45 bits per heavy atom. The highest BCUT2D eigenvalue weighted by Gasteiger charge is 2.01. The van der Waals surface area contributed by atoms with Gasteiger partial charge in [0.1, 0.15) is 0 Å². The molecule has 4 nitrogen and oxygen atoms in total. The fourth-order valence-electron chi connectivity index (χ4n) is 0.689. The highest BCUT2D eigenvalue weighted by atomic mass is 16.2. The lowest BCUT2D eigenvalue weighted by Gasteiger charge is -1.98. The summed E-state index contributed by atoms with van der Waals surface area (Å²) < 4.78 is 0. The van der Waals surface area contributed by atoms with E-state index in [1.54, 1.807) is 0 Å². The lowest BCUT2D eigenvalue weighted by atomic mass is 10.2. The number of carbonyl (C=O) groups excluding carboxylic acids is 2. The molecule has 2 amide bonds. The van der Waals surface area contributed by atoms with Crippen molar-refractivity contribution in [2.75, 3.05) is 6.54 Å². The summed E-state index contributed by atoms with van der Waals surface area (Å²) in [5.74, 6) is -0.520. The van der Waals surface area contributed by atoms with Crippen LogP contribution in [0.4, 0.5) is 0 Å². The van der Waals surface area contributed by atoms with Crippen LogP contribution in [0, 0.1) is 0 Å². The fraction of sp³-hybridized carbons (Fsp3) is 0.714. The van der Waals surface area contributed by atoms with E-state index in [-0.39, 0.29) is 11.8 Å². The Morgan fingerprint density at radius 2 is 2.00 bits per heavy atom. The van der Waals surface area contributed by atoms with Crippen LogP contribution >= 0.6 is 0 Å². The van der Waals surface area contributed by atoms with Crippen LogP contribution in [0.15, 0.2) is 0 Å². The van der Waals surface area contributed by atoms with E-state index in [4.69, 9.17) is 5.73 Å². The zero-order valence-electron chi connectivity index (χ0n) is 6.72. The number of rotatable bonds is 4. The molecule has 4 heteroatoms. The molecule has 0 heterocycles. The molecule has 0 radical (unpaired) electrons. The molecule has 0 atom stereocenters. The number of carbonyl (C=O) groups is 2. The zero-order chi connectivity index (χ0) is 8.69. The third-order valence-corrected chi connectivity index (χ3v) is 1.17. The van der Waals surface area contributed by atoms with Crippen molar-refractivity contribution in [2.45, 2.75) is 26.2 Å². The Morgan fingerprint density at radius 1 is 1.36 bits per heavy atom. The van der Waals surface area contributed by atoms with E-state index >= 15 is 0 Å². The molecule has 0 bridgehead atoms. The van der Waals surface area contributed by atoms with Gasteiger partial charge in [-0.3, -0.25) is 14.9 Å². The Kier molecular flexibility index (Phi) is 5.37. The van der Waals surface area contributed by atoms with E-state index in [1.807, 2.05) is 0 Å². The summed E-state index contributed by atoms with van der Waals surface area (Å²) in [4.78, 5) is 21.1. The standard InChI is InChI=1S/C7H14N2O2/c1-6(10)9-7(11)4-2-3-5-8/h2-5,8H2,1H3,(H,9,10,11). The van der Waals surface area contributed by atoms with Crippen LogP contribution in [0.25, 0.3) is 0 Å². The first kappa shape index (κ1) is 10.1. The molecule has 0 saturated carbocycles. The topological polar surface area (TPSA) is 72.2 Å². The minimum atomic E-state index is -0.303. The Balaban J connectivity index is 3.30. The molecule has 0 aliphatic heterocycles. The van der Waals surface area contributed by atoms with Crippen LogP contribution in [0.2, 0.25) is 0 Å². The summed E-state index contributed by atoms with van der Waals surface area (Å²) in [5, 5.41) is 2.18. The lowest BCUT2D eigenvalue weighted by Crippen LogP contribution is -2.27. The van der Waals surface area contributed by atoms with Crippen molar-refractivity contribution in [3.8, 4) is 0 Å². The van der Waals surface area contributed by atoms with Crippen LogP contribution in [-0.4, -0.2) is 18.4 Å². The average Bonchev–Trinajstić information content (AvgIpc) is 1.86. The molecule has 0 unspecified atom stereocenters. The van der Waals surface area contributed by atoms with Gasteiger partial charge in [0.2, 0.25) is 11.8 Å². The van der Waals surface area contributed by atoms with E-state index in [9.17, 15) is 9.59 Å². The van der Waals surface area contributed by atoms with Crippen LogP contribution in [0.1, 0.15) is 26.2 Å². The summed E-state index contributed by atoms with van der Waals surface area (Å²) in [7, 11) is 0. The fourth-order valence-corrected chi connectivity index (χ4v) is 0.689. The largest absolute Gasteiger partial charge is 0.330 e. The van der Waals surface area contributed by atoms with Gasteiger partial charge in [0, 0.05) is 13.3 Å². The Bertz CT molecular complexity index is 145. The SMILES string of the molecule is CC(=O)NC(=O)CCCCN. The minimum Gasteiger partial charge on any atom is -0.330 e. The smallest absolute Gasteiger partial charge is 0.226 e. The van der Waals surface area contributed by atoms with Gasteiger partial charge in [0.25, 0.3) is 0 Å². The van der Waals surface area contributed by atoms with Gasteiger partial charge in [-0.25, -0.2) is 0 Å². The summed E-state index contributed by atoms with van der Waals surface area (Å²) in [6, 6.07) is 0. The number of nitrogens with two attached hydrogens (primary N) is 1. The molecular weight excluding hydrogens is 144 g/mol. The molecule has 0 aromatic carbocycles. The molecule has 0 aliphatic carbocycles. The first-order chi connectivity index (χ1) is 5.16. The molecule has 0 rings (SSSR count). The monoisotopic (exact) mass is 158 g/mol. The quantitative estimate of drug-likeness (QED) is 0.555. The maximum Gasteiger partial charge on any atom is 0.226 e. The Hall–Kier alpha value is -0.900. The van der Waals surface area contributed by atoms with Crippen molar-refractivity contribution in [1.82, 2.24) is 5.32 Å². The van der Waals surface area contributed by atoms with Gasteiger partial charge in [0.05, 0.1) is 0 Å². The second-order valence-electron chi connectivity index (χ2n) is 2.35. The molecular formula is C7H14N2O2. The van der Waals surface area contributed by atoms with Gasteiger partial charge in [-0.2, -0.15) is 0 Å². The molecule has 11 heavy (non-hydrogen) atoms. The average molecular weight is 158 g/mol. The normalized spacial score (nSPS) is 9.27. The third kappa shape index (κ3) is 6.99. The zero-order valence-corrected chi connectivity index (χ0v) is 6.72. The van der Waals surface area contributed by atoms with Gasteiger partial charge in [-0.05, 0) is 19.4 Å². The molecule has 3 N–H and O–H groups in total. The number of unbranched alkanes of at least 4 members (excludes halogenated alkanes) is 1. The number of hydrogen-bond acceptors (Lipinski definition) is 3. The van der Waals surface area contributed by atoms with E-state index < -0.39 is 0 Å². The second kappa shape index (κ2) is 5.85. The van der Waals surface area contributed by atoms with E-state index in [1.165, 1.54) is 6.92 Å². The summed E-state index contributed by atoms with van der Waals surface area (Å²) >= 11 is 0. The summed E-state index contributed by atoms with van der Waals surface area (Å²) in [6.07, 6.45) is 1.96. The molecule has 0 fully saturated rings. The predicted octanol–water partition coefficient (Wildman–Crippen LogP) is -0.222. The number of nitrogens with one attached hydrogen (secondary N) is 1. The number of hydrogen-bond donors (Lipinski definition) is 2. The maximum atomic E-state index is 10.8. The number of imide groups is 1. The molecule has 0 aliphatic rings. The molecule has 0 spiro atoms. The first-order valence-corrected chi connectivity index (χ1v) is 3.67. The lowest BCUT2D eigenvalue weighted by molar-refractivity contribution is -0.129. The molecule has 0 aromatic rings. The minimum absolute atomic E-state index is 0.217. The number of amides is 2. The van der Waals surface area contributed by atoms with E-state index in [0.29, 0.717) is 13.0 Å². The van der Waals surface area contributed by atoms with Crippen molar-refractivity contribution >= 4 is 11.8 Å². The van der Waals surface area contributed by atoms with Crippen molar-refractivity contribution < 1.29 is 9.59 Å². The van der Waals surface area contributed by atoms with E-state index in [2.05, 4.69) is 5.32 Å². The van der Waals surface area contributed by atoms with Crippen molar-refractivity contribution in [3.63, 3.8) is 0 Å². The van der Waals surface area contributed by atoms with Crippen molar-refractivity contribution in [1.29, 1.82) is 0 Å². The van der Waals surface area contributed by atoms with Crippen molar-refractivity contribution in [2.24, 2.45) is 5.73 Å². The highest BCUT2D eigenvalue weighted by Crippen LogP contribution is 1.92. The van der Waals surface area contributed by atoms with Gasteiger partial charge in [0.15, 0.2) is 0 Å². The molecule has 0 saturated heterocycles. The van der Waals surface area contributed by atoms with Crippen LogP contribution in [0.5, 0.6) is 0 Å². The first-order valence-electron chi connectivity index (χ1n) is 3.67. The van der Waals surface area contributed by atoms with Crippen LogP contribution in [0.3, 0.4) is 0 Å². The van der Waals surface area contributed by atoms with Crippen LogP contribution in [-0.2, 0) is 9.59 Å². The Labute approximate surface area is 66.1 Å². The predicted molar refractivity (Wildman–Crippen MR) is 41.7 cm³/mol. The van der Waals surface area contributed by atoms with Gasteiger partial charge < -0.3 is 5.73 Å². The van der Waals surface area contributed by atoms with Gasteiger partial charge >= 0.3 is 0 Å². The van der Waals surface area contributed by atoms with Gasteiger partial charge in [-0.1, -0.05) is 0 Å². The summed E-state index contributed by atoms with van der Waals surface area (Å²) in [5.41, 5.74) is 5.22. The van der Waals surface area contributed by atoms with Crippen LogP contribution < -0.4 is 11.1 Å². The highest BCUT2D eigenvalue weighted by molar-refractivity contribution is 5.93. The van der Waals surface area contributed by atoms with Crippen molar-refractivity contribution in [3.05, 3.63) is 0 Å². The third-order valence-electron chi connectivity index (χ3n) is 1.17. The summed E-state index contributed by atoms with van der Waals surface area (Å²) in [6.45, 7) is 1.91. The maximum absolute atomic E-state index is 10.8. The molecule has 0 aromatic heterocycles. The molecule has 64 valence electrons. The van der Waals surface area contributed by atoms with E-state index in [0.717, 1.165) is 12.8 Å². The second-order valence-corrected chi connectivity index (χ2v) is 2.35.